The summed E-state index contributed by atoms with van der Waals surface area (Å²) in [6.45, 7) is 8.18. The Kier molecular flexibility index (Phi) is 4.74. The van der Waals surface area contributed by atoms with Crippen LogP contribution in [0.3, 0.4) is 0 Å². The molecule has 2 N–H and O–H groups in total. The lowest BCUT2D eigenvalue weighted by molar-refractivity contribution is -0.115. The first-order chi connectivity index (χ1) is 9.79. The van der Waals surface area contributed by atoms with Crippen molar-refractivity contribution < 1.29 is 9.90 Å². The van der Waals surface area contributed by atoms with E-state index in [1.165, 1.54) is 11.8 Å². The number of phenols is 1. The summed E-state index contributed by atoms with van der Waals surface area (Å²) in [5, 5.41) is 13.0. The third kappa shape index (κ3) is 3.47. The minimum absolute atomic E-state index is 0.157. The number of thioether (sulfide) groups is 1. The zero-order chi connectivity index (χ0) is 15.7. The fraction of sp³-hybridized carbons (Fsp3) is 0.375. The van der Waals surface area contributed by atoms with Gasteiger partial charge in [-0.3, -0.25) is 4.79 Å². The number of hydrogen-bond donors (Lipinski definition) is 2. The highest BCUT2D eigenvalue weighted by Gasteiger charge is 2.22. The van der Waals surface area contributed by atoms with Gasteiger partial charge in [0.1, 0.15) is 10.1 Å². The summed E-state index contributed by atoms with van der Waals surface area (Å²) in [4.78, 5) is 12.3. The van der Waals surface area contributed by atoms with Crippen molar-refractivity contribution in [3.8, 4) is 5.75 Å². The molecule has 3 nitrogen and oxygen atoms in total. The summed E-state index contributed by atoms with van der Waals surface area (Å²) in [6.07, 6.45) is 1.83. The number of carbonyl (C=O) groups is 1. The van der Waals surface area contributed by atoms with E-state index in [2.05, 4.69) is 5.32 Å². The monoisotopic (exact) mass is 321 g/mol. The highest BCUT2D eigenvalue weighted by atomic mass is 32.2. The standard InChI is InChI=1S/C16H19NO2S2/c1-8(2)11-5-10(6-12(9(3)4)14(11)18)7-13-15(19)17-16(20)21-13/h5-9,18H,1-4H3,(H,17,19,20)/b13-7-. The van der Waals surface area contributed by atoms with Crippen LogP contribution in [0.5, 0.6) is 5.75 Å². The van der Waals surface area contributed by atoms with Crippen molar-refractivity contribution in [2.45, 2.75) is 39.5 Å². The zero-order valence-electron chi connectivity index (χ0n) is 12.6. The second-order valence-corrected chi connectivity index (χ2v) is 7.43. The van der Waals surface area contributed by atoms with Crippen molar-refractivity contribution in [3.63, 3.8) is 0 Å². The molecule has 0 spiro atoms. The third-order valence-corrected chi connectivity index (χ3v) is 4.54. The largest absolute Gasteiger partial charge is 0.507 e. The Hall–Kier alpha value is -1.33. The Morgan fingerprint density at radius 1 is 1.19 bits per heavy atom. The van der Waals surface area contributed by atoms with Gasteiger partial charge in [-0.05, 0) is 46.7 Å². The third-order valence-electron chi connectivity index (χ3n) is 3.38. The SMILES string of the molecule is CC(C)c1cc(/C=C2\SC(=S)NC2=O)cc(C(C)C)c1O. The van der Waals surface area contributed by atoms with Crippen molar-refractivity contribution in [1.82, 2.24) is 5.32 Å². The maximum Gasteiger partial charge on any atom is 0.263 e. The second kappa shape index (κ2) is 6.20. The fourth-order valence-corrected chi connectivity index (χ4v) is 3.28. The maximum atomic E-state index is 11.8. The molecule has 1 aliphatic heterocycles. The van der Waals surface area contributed by atoms with Gasteiger partial charge >= 0.3 is 0 Å². The number of thiocarbonyl (C=S) groups is 1. The Bertz CT molecular complexity index is 604. The molecule has 112 valence electrons. The topological polar surface area (TPSA) is 49.3 Å². The van der Waals surface area contributed by atoms with E-state index in [9.17, 15) is 9.90 Å². The van der Waals surface area contributed by atoms with Crippen molar-refractivity contribution in [1.29, 1.82) is 0 Å². The molecular formula is C16H19NO2S2. The molecule has 0 atom stereocenters. The van der Waals surface area contributed by atoms with Crippen LogP contribution in [-0.2, 0) is 4.79 Å². The number of nitrogens with one attached hydrogen (secondary N) is 1. The van der Waals surface area contributed by atoms with E-state index in [1.54, 1.807) is 0 Å². The molecule has 1 aromatic rings. The van der Waals surface area contributed by atoms with Crippen LogP contribution >= 0.6 is 24.0 Å². The van der Waals surface area contributed by atoms with Gasteiger partial charge in [0.2, 0.25) is 0 Å². The van der Waals surface area contributed by atoms with Gasteiger partial charge in [0.25, 0.3) is 5.91 Å². The molecule has 1 saturated heterocycles. The van der Waals surface area contributed by atoms with E-state index in [4.69, 9.17) is 12.2 Å². The fourth-order valence-electron chi connectivity index (χ4n) is 2.24. The van der Waals surface area contributed by atoms with Crippen molar-refractivity contribution in [2.24, 2.45) is 0 Å². The molecule has 5 heteroatoms. The molecule has 2 rings (SSSR count). The summed E-state index contributed by atoms with van der Waals surface area (Å²) in [5.41, 5.74) is 2.72. The van der Waals surface area contributed by atoms with Gasteiger partial charge in [0, 0.05) is 0 Å². The van der Waals surface area contributed by atoms with Gasteiger partial charge in [-0.15, -0.1) is 0 Å². The first kappa shape index (κ1) is 16.0. The summed E-state index contributed by atoms with van der Waals surface area (Å²) in [5.74, 6) is 0.635. The average Bonchev–Trinajstić information content (AvgIpc) is 2.69. The molecule has 1 aliphatic rings. The van der Waals surface area contributed by atoms with Gasteiger partial charge in [-0.2, -0.15) is 0 Å². The van der Waals surface area contributed by atoms with Crippen molar-refractivity contribution in [3.05, 3.63) is 33.7 Å². The average molecular weight is 321 g/mol. The van der Waals surface area contributed by atoms with Gasteiger partial charge < -0.3 is 10.4 Å². The number of rotatable bonds is 3. The molecule has 0 bridgehead atoms. The Morgan fingerprint density at radius 2 is 1.71 bits per heavy atom. The molecule has 1 fully saturated rings. The summed E-state index contributed by atoms with van der Waals surface area (Å²) in [6, 6.07) is 3.88. The number of carbonyl (C=O) groups excluding carboxylic acids is 1. The normalized spacial score (nSPS) is 17.1. The van der Waals surface area contributed by atoms with Gasteiger partial charge in [0.15, 0.2) is 0 Å². The molecule has 1 aromatic carbocycles. The highest BCUT2D eigenvalue weighted by molar-refractivity contribution is 8.26. The van der Waals surface area contributed by atoms with Crippen LogP contribution < -0.4 is 5.32 Å². The van der Waals surface area contributed by atoms with Gasteiger partial charge in [0.05, 0.1) is 4.91 Å². The van der Waals surface area contributed by atoms with Gasteiger partial charge in [-0.1, -0.05) is 51.7 Å². The lowest BCUT2D eigenvalue weighted by Gasteiger charge is -2.16. The summed E-state index contributed by atoms with van der Waals surface area (Å²) >= 11 is 6.27. The van der Waals surface area contributed by atoms with E-state index in [-0.39, 0.29) is 17.7 Å². The summed E-state index contributed by atoms with van der Waals surface area (Å²) < 4.78 is 0.484. The van der Waals surface area contributed by atoms with Crippen LogP contribution in [0, 0.1) is 0 Å². The van der Waals surface area contributed by atoms with E-state index in [0.29, 0.717) is 15.0 Å². The molecule has 1 heterocycles. The first-order valence-electron chi connectivity index (χ1n) is 6.91. The molecular weight excluding hydrogens is 302 g/mol. The number of hydrogen-bond acceptors (Lipinski definition) is 4. The van der Waals surface area contributed by atoms with E-state index in [0.717, 1.165) is 16.7 Å². The molecule has 1 amide bonds. The Morgan fingerprint density at radius 3 is 2.10 bits per heavy atom. The number of amides is 1. The van der Waals surface area contributed by atoms with Crippen molar-refractivity contribution >= 4 is 40.3 Å². The van der Waals surface area contributed by atoms with Crippen LogP contribution in [0.2, 0.25) is 0 Å². The molecule has 21 heavy (non-hydrogen) atoms. The Balaban J connectivity index is 2.52. The van der Waals surface area contributed by atoms with E-state index in [1.807, 2.05) is 45.9 Å². The van der Waals surface area contributed by atoms with Crippen LogP contribution in [0.4, 0.5) is 0 Å². The number of aromatic hydroxyl groups is 1. The predicted molar refractivity (Wildman–Crippen MR) is 92.6 cm³/mol. The van der Waals surface area contributed by atoms with Crippen LogP contribution in [0.1, 0.15) is 56.2 Å². The van der Waals surface area contributed by atoms with Crippen LogP contribution in [-0.4, -0.2) is 15.3 Å². The molecule has 0 aliphatic carbocycles. The maximum absolute atomic E-state index is 11.8. The van der Waals surface area contributed by atoms with Crippen LogP contribution in [0.25, 0.3) is 6.08 Å². The minimum Gasteiger partial charge on any atom is -0.507 e. The number of benzene rings is 1. The molecule has 0 saturated carbocycles. The lowest BCUT2D eigenvalue weighted by Crippen LogP contribution is -2.17. The molecule has 0 unspecified atom stereocenters. The quantitative estimate of drug-likeness (QED) is 0.649. The van der Waals surface area contributed by atoms with E-state index >= 15 is 0 Å². The van der Waals surface area contributed by atoms with E-state index < -0.39 is 0 Å². The summed E-state index contributed by atoms with van der Waals surface area (Å²) in [7, 11) is 0. The molecule has 0 aromatic heterocycles. The number of phenolic OH excluding ortho intramolecular Hbond substituents is 1. The van der Waals surface area contributed by atoms with Crippen molar-refractivity contribution in [2.75, 3.05) is 0 Å². The predicted octanol–water partition coefficient (Wildman–Crippen LogP) is 4.13. The lowest BCUT2D eigenvalue weighted by atomic mass is 9.91. The zero-order valence-corrected chi connectivity index (χ0v) is 14.2. The minimum atomic E-state index is -0.157. The smallest absolute Gasteiger partial charge is 0.263 e. The second-order valence-electron chi connectivity index (χ2n) is 5.71. The van der Waals surface area contributed by atoms with Crippen LogP contribution in [0.15, 0.2) is 17.0 Å². The van der Waals surface area contributed by atoms with Gasteiger partial charge in [-0.25, -0.2) is 0 Å². The first-order valence-corrected chi connectivity index (χ1v) is 8.13. The Labute approximate surface area is 134 Å². The molecule has 0 radical (unpaired) electrons. The highest BCUT2D eigenvalue weighted by Crippen LogP contribution is 2.36.